The first-order chi connectivity index (χ1) is 20.7. The third-order valence-electron chi connectivity index (χ3n) is 8.49. The maximum atomic E-state index is 14.0. The zero-order valence-corrected chi connectivity index (χ0v) is 24.1. The smallest absolute Gasteiger partial charge is 0.303 e. The molecule has 0 heterocycles. The van der Waals surface area contributed by atoms with E-state index in [0.717, 1.165) is 0 Å². The van der Waals surface area contributed by atoms with Gasteiger partial charge in [0, 0.05) is 24.1 Å². The van der Waals surface area contributed by atoms with E-state index in [9.17, 15) is 44.4 Å². The molecule has 0 unspecified atom stereocenters. The van der Waals surface area contributed by atoms with Crippen molar-refractivity contribution in [2.24, 2.45) is 17.6 Å². The van der Waals surface area contributed by atoms with Crippen molar-refractivity contribution >= 4 is 40.8 Å². The number of Topliss-reactive ketones (excluding diaryl/α,β-unsaturated/α-hetero) is 2. The lowest BCUT2D eigenvalue weighted by Crippen LogP contribution is -2.65. The SMILES string of the molecule is CC(=O)OCC(=O)Nc1ccc(-c2ccc(O)c3c2C[C@@H]2C[C@@H]4[C@@H](N(C)C)C(=O)C(C(N)=O)=C(O)[C@]4(O)C(=O)C2=C3O)cc1. The number of ketones is 2. The third-order valence-corrected chi connectivity index (χ3v) is 8.49. The van der Waals surface area contributed by atoms with Crippen molar-refractivity contribution in [2.75, 3.05) is 26.0 Å². The number of hydrogen-bond donors (Lipinski definition) is 6. The molecule has 3 aliphatic carbocycles. The number of ether oxygens (including phenoxy) is 1. The zero-order valence-electron chi connectivity index (χ0n) is 24.1. The fourth-order valence-corrected chi connectivity index (χ4v) is 6.61. The normalized spacial score (nSPS) is 24.4. The van der Waals surface area contributed by atoms with Crippen LogP contribution in [0.5, 0.6) is 5.75 Å². The average Bonchev–Trinajstić information content (AvgIpc) is 2.94. The summed E-state index contributed by atoms with van der Waals surface area (Å²) in [6.07, 6.45) is 0.0906. The number of rotatable bonds is 6. The van der Waals surface area contributed by atoms with Gasteiger partial charge in [0.15, 0.2) is 18.0 Å². The van der Waals surface area contributed by atoms with Gasteiger partial charge in [-0.05, 0) is 67.7 Å². The average molecular weight is 606 g/mol. The summed E-state index contributed by atoms with van der Waals surface area (Å²) in [5.41, 5.74) is 3.69. The van der Waals surface area contributed by atoms with Crippen LogP contribution in [0.1, 0.15) is 24.5 Å². The first-order valence-corrected chi connectivity index (χ1v) is 13.7. The number of amides is 2. The van der Waals surface area contributed by atoms with Crippen molar-refractivity contribution in [1.82, 2.24) is 4.90 Å². The summed E-state index contributed by atoms with van der Waals surface area (Å²) < 4.78 is 4.69. The van der Waals surface area contributed by atoms with Crippen molar-refractivity contribution in [1.29, 1.82) is 0 Å². The lowest BCUT2D eigenvalue weighted by Gasteiger charge is -2.50. The first-order valence-electron chi connectivity index (χ1n) is 13.7. The lowest BCUT2D eigenvalue weighted by molar-refractivity contribution is -0.153. The number of nitrogens with zero attached hydrogens (tertiary/aromatic N) is 1. The molecule has 7 N–H and O–H groups in total. The highest BCUT2D eigenvalue weighted by Crippen LogP contribution is 2.53. The van der Waals surface area contributed by atoms with Crippen LogP contribution in [0.2, 0.25) is 0 Å². The number of primary amides is 1. The van der Waals surface area contributed by atoms with Gasteiger partial charge in [-0.3, -0.25) is 28.9 Å². The number of phenols is 1. The molecule has 1 fully saturated rings. The number of aliphatic hydroxyl groups is 3. The molecule has 0 aromatic heterocycles. The second-order valence-corrected chi connectivity index (χ2v) is 11.4. The summed E-state index contributed by atoms with van der Waals surface area (Å²) >= 11 is 0. The van der Waals surface area contributed by atoms with Gasteiger partial charge in [-0.15, -0.1) is 0 Å². The molecular formula is C31H31N3O10. The van der Waals surface area contributed by atoms with E-state index in [2.05, 4.69) is 10.1 Å². The molecule has 5 rings (SSSR count). The Morgan fingerprint density at radius 3 is 2.32 bits per heavy atom. The van der Waals surface area contributed by atoms with Crippen LogP contribution >= 0.6 is 0 Å². The van der Waals surface area contributed by atoms with E-state index < -0.39 is 76.5 Å². The largest absolute Gasteiger partial charge is 0.508 e. The number of carbonyl (C=O) groups excluding carboxylic acids is 5. The van der Waals surface area contributed by atoms with Gasteiger partial charge < -0.3 is 36.2 Å². The number of esters is 1. The number of likely N-dealkylation sites (N-methyl/N-ethyl adjacent to an activating group) is 1. The van der Waals surface area contributed by atoms with Crippen LogP contribution in [-0.4, -0.2) is 87.0 Å². The van der Waals surface area contributed by atoms with Gasteiger partial charge in [-0.2, -0.15) is 0 Å². The number of aliphatic hydroxyl groups excluding tert-OH is 2. The van der Waals surface area contributed by atoms with Gasteiger partial charge >= 0.3 is 5.97 Å². The van der Waals surface area contributed by atoms with E-state index in [1.54, 1.807) is 30.3 Å². The predicted octanol–water partition coefficient (Wildman–Crippen LogP) is 1.13. The number of carbonyl (C=O) groups is 5. The third kappa shape index (κ3) is 4.70. The summed E-state index contributed by atoms with van der Waals surface area (Å²) in [5, 5.41) is 47.5. The number of hydrogen-bond acceptors (Lipinski definition) is 11. The van der Waals surface area contributed by atoms with Crippen molar-refractivity contribution in [2.45, 2.75) is 31.4 Å². The summed E-state index contributed by atoms with van der Waals surface area (Å²) in [7, 11) is 3.07. The Morgan fingerprint density at radius 1 is 1.07 bits per heavy atom. The van der Waals surface area contributed by atoms with Gasteiger partial charge in [-0.25, -0.2) is 0 Å². The standard InChI is InChI=1S/C31H31N3O10/c1-13(35)44-12-21(37)33-16-6-4-14(5-7-16)17-8-9-20(36)23-18(17)10-15-11-19-25(34(2)3)27(39)24(30(32)42)29(41)31(19,43)28(40)22(15)26(23)38/h4-9,15,19,25,36,38,41,43H,10-12H2,1-3H3,(H2,32,42)(H,33,37)/t15-,19-,25-,31-/m1/s1. The molecule has 44 heavy (non-hydrogen) atoms. The van der Waals surface area contributed by atoms with E-state index in [0.29, 0.717) is 22.4 Å². The van der Waals surface area contributed by atoms with E-state index in [-0.39, 0.29) is 29.7 Å². The number of nitrogens with one attached hydrogen (secondary N) is 1. The van der Waals surface area contributed by atoms with Crippen molar-refractivity contribution in [3.8, 4) is 16.9 Å². The minimum absolute atomic E-state index is 0.0300. The molecule has 1 saturated carbocycles. The molecule has 0 bridgehead atoms. The van der Waals surface area contributed by atoms with Gasteiger partial charge in [0.25, 0.3) is 11.8 Å². The number of anilines is 1. The number of nitrogens with two attached hydrogens (primary N) is 1. The maximum Gasteiger partial charge on any atom is 0.303 e. The minimum Gasteiger partial charge on any atom is -0.508 e. The molecule has 0 aliphatic heterocycles. The fraction of sp³-hybridized carbons (Fsp3) is 0.323. The predicted molar refractivity (Wildman–Crippen MR) is 155 cm³/mol. The zero-order chi connectivity index (χ0) is 32.2. The van der Waals surface area contributed by atoms with Crippen LogP contribution in [-0.2, 0) is 35.1 Å². The van der Waals surface area contributed by atoms with Crippen LogP contribution in [0.15, 0.2) is 53.3 Å². The quantitative estimate of drug-likeness (QED) is 0.203. The van der Waals surface area contributed by atoms with Crippen molar-refractivity contribution in [3.63, 3.8) is 0 Å². The molecule has 2 amide bonds. The molecule has 0 radical (unpaired) electrons. The topological polar surface area (TPSA) is 217 Å². The summed E-state index contributed by atoms with van der Waals surface area (Å²) in [6, 6.07) is 8.44. The van der Waals surface area contributed by atoms with Gasteiger partial charge in [0.1, 0.15) is 22.8 Å². The Bertz CT molecular complexity index is 1690. The summed E-state index contributed by atoms with van der Waals surface area (Å²) in [4.78, 5) is 63.8. The van der Waals surface area contributed by atoms with E-state index in [1.807, 2.05) is 0 Å². The summed E-state index contributed by atoms with van der Waals surface area (Å²) in [5.74, 6) is -8.30. The lowest BCUT2D eigenvalue weighted by atomic mass is 9.57. The number of benzene rings is 2. The maximum absolute atomic E-state index is 14.0. The molecule has 13 heteroatoms. The van der Waals surface area contributed by atoms with Crippen LogP contribution in [0.4, 0.5) is 5.69 Å². The molecule has 230 valence electrons. The molecule has 2 aromatic rings. The van der Waals surface area contributed by atoms with Crippen molar-refractivity contribution in [3.05, 3.63) is 64.4 Å². The Balaban J connectivity index is 1.57. The number of aromatic hydroxyl groups is 1. The Labute approximate surface area is 251 Å². The van der Waals surface area contributed by atoms with Crippen LogP contribution in [0.3, 0.4) is 0 Å². The Hall–Kier alpha value is -5.01. The highest BCUT2D eigenvalue weighted by Gasteiger charge is 2.64. The second kappa shape index (κ2) is 10.9. The molecule has 4 atom stereocenters. The van der Waals surface area contributed by atoms with E-state index >= 15 is 0 Å². The Morgan fingerprint density at radius 2 is 1.73 bits per heavy atom. The van der Waals surface area contributed by atoms with E-state index in [1.165, 1.54) is 32.0 Å². The highest BCUT2D eigenvalue weighted by molar-refractivity contribution is 6.24. The molecule has 0 spiro atoms. The van der Waals surface area contributed by atoms with Crippen LogP contribution in [0, 0.1) is 11.8 Å². The summed E-state index contributed by atoms with van der Waals surface area (Å²) in [6.45, 7) is 0.750. The Kier molecular flexibility index (Phi) is 7.56. The van der Waals surface area contributed by atoms with Crippen molar-refractivity contribution < 1.29 is 49.1 Å². The number of fused-ring (bicyclic) bond motifs is 3. The number of phenolic OH excluding ortho intramolecular Hbond substituents is 1. The van der Waals surface area contributed by atoms with E-state index in [4.69, 9.17) is 5.73 Å². The highest BCUT2D eigenvalue weighted by atomic mass is 16.5. The van der Waals surface area contributed by atoms with Gasteiger partial charge in [-0.1, -0.05) is 18.2 Å². The molecule has 2 aromatic carbocycles. The van der Waals surface area contributed by atoms with Crippen LogP contribution < -0.4 is 11.1 Å². The second-order valence-electron chi connectivity index (χ2n) is 11.4. The van der Waals surface area contributed by atoms with Gasteiger partial charge in [0.05, 0.1) is 11.6 Å². The minimum atomic E-state index is -2.71. The first kappa shape index (κ1) is 30.4. The monoisotopic (exact) mass is 605 g/mol. The fourth-order valence-electron chi connectivity index (χ4n) is 6.61. The van der Waals surface area contributed by atoms with Crippen LogP contribution in [0.25, 0.3) is 16.9 Å². The van der Waals surface area contributed by atoms with Gasteiger partial charge in [0.2, 0.25) is 5.78 Å². The molecule has 0 saturated heterocycles. The molecule has 3 aliphatic rings. The molecule has 13 nitrogen and oxygen atoms in total. The molecular weight excluding hydrogens is 574 g/mol.